The molecule has 0 aliphatic rings. The molecule has 660 valence electrons. The molecule has 0 saturated carbocycles. The van der Waals surface area contributed by atoms with E-state index < -0.39 is 0 Å². The van der Waals surface area contributed by atoms with Crippen LogP contribution < -0.4 is 0 Å². The predicted octanol–water partition coefficient (Wildman–Crippen LogP) is 35.4. The van der Waals surface area contributed by atoms with Crippen molar-refractivity contribution in [3.8, 4) is 151 Å². The van der Waals surface area contributed by atoms with Crippen molar-refractivity contribution in [3.63, 3.8) is 0 Å². The highest BCUT2D eigenvalue weighted by Crippen LogP contribution is 2.46. The average Bonchev–Trinajstić information content (AvgIpc) is 1.58. The minimum Gasteiger partial charge on any atom is -0.309 e. The maximum Gasteiger partial charge on any atom is 0.116 e. The van der Waals surface area contributed by atoms with Gasteiger partial charge in [0.2, 0.25) is 0 Å². The summed E-state index contributed by atoms with van der Waals surface area (Å²) in [6.07, 6.45) is 10.8. The molecule has 0 aliphatic heterocycles. The average molecular weight is 1800 g/mol. The number of pyridine rings is 2. The SMILES string of the molecule is c1ccc(-n2c3ccccc3c3cc(-c4ccc(-c5cccc6cccc(-c7ccc(-c8cccnc8)cc7)c56)cc4)ccc32)cc1.c1ccc(-n2c3ccccc3c3cc(-c4ccc(-c5cccc6cccc(-c7ccc(-c8ccncc8)cc7)c56)cc4)ccc32)cc1.c1ccc(-n2c3ccccc3c3cc(-c4ccc(-c5cccc6cccc(-c7ccc(-c8ccncn8)cc7)c56)cc4)ccc32)cc1. The van der Waals surface area contributed by atoms with E-state index in [0.717, 1.165) is 16.8 Å². The molecule has 0 amide bonds. The van der Waals surface area contributed by atoms with Gasteiger partial charge in [-0.15, -0.1) is 0 Å². The molecule has 6 aromatic heterocycles. The van der Waals surface area contributed by atoms with Gasteiger partial charge in [-0.25, -0.2) is 9.97 Å². The van der Waals surface area contributed by atoms with E-state index in [4.69, 9.17) is 0 Å². The first-order valence-electron chi connectivity index (χ1n) is 48.0. The van der Waals surface area contributed by atoms with Gasteiger partial charge in [0, 0.05) is 85.9 Å². The van der Waals surface area contributed by atoms with Gasteiger partial charge in [-0.1, -0.05) is 388 Å². The summed E-state index contributed by atoms with van der Waals surface area (Å²) < 4.78 is 7.09. The second-order valence-electron chi connectivity index (χ2n) is 35.9. The lowest BCUT2D eigenvalue weighted by Gasteiger charge is -2.14. The van der Waals surface area contributed by atoms with Crippen LogP contribution in [0.15, 0.2) is 541 Å². The number of aromatic nitrogens is 7. The van der Waals surface area contributed by atoms with Crippen molar-refractivity contribution in [1.29, 1.82) is 0 Å². The van der Waals surface area contributed by atoms with E-state index in [1.165, 1.54) is 232 Å². The smallest absolute Gasteiger partial charge is 0.116 e. The fourth-order valence-electron chi connectivity index (χ4n) is 21.1. The molecule has 0 unspecified atom stereocenters. The zero-order valence-corrected chi connectivity index (χ0v) is 77.0. The zero-order chi connectivity index (χ0) is 93.5. The van der Waals surface area contributed by atoms with E-state index in [1.54, 1.807) is 12.5 Å². The first-order chi connectivity index (χ1) is 69.9. The maximum atomic E-state index is 4.41. The number of para-hydroxylation sites is 6. The second-order valence-corrected chi connectivity index (χ2v) is 35.9. The summed E-state index contributed by atoms with van der Waals surface area (Å²) in [4.78, 5) is 16.9. The molecule has 0 fully saturated rings. The van der Waals surface area contributed by atoms with E-state index in [0.29, 0.717) is 0 Å². The van der Waals surface area contributed by atoms with E-state index in [2.05, 4.69) is 525 Å². The van der Waals surface area contributed by atoms with Crippen molar-refractivity contribution in [1.82, 2.24) is 33.6 Å². The van der Waals surface area contributed by atoms with Crippen LogP contribution in [-0.2, 0) is 0 Å². The van der Waals surface area contributed by atoms with E-state index >= 15 is 0 Å². The summed E-state index contributed by atoms with van der Waals surface area (Å²) in [7, 11) is 0. The van der Waals surface area contributed by atoms with Crippen LogP contribution in [0.2, 0.25) is 0 Å². The molecule has 0 N–H and O–H groups in total. The van der Waals surface area contributed by atoms with Gasteiger partial charge < -0.3 is 13.7 Å². The number of nitrogens with zero attached hydrogens (tertiary/aromatic N) is 7. The lowest BCUT2D eigenvalue weighted by atomic mass is 9.90. The third-order valence-electron chi connectivity index (χ3n) is 27.8. The van der Waals surface area contributed by atoms with Gasteiger partial charge in [0.1, 0.15) is 6.33 Å². The lowest BCUT2D eigenvalue weighted by molar-refractivity contribution is 1.17. The predicted molar refractivity (Wildman–Crippen MR) is 591 cm³/mol. The van der Waals surface area contributed by atoms with Gasteiger partial charge in [-0.05, 0) is 270 Å². The normalized spacial score (nSPS) is 11.4. The Hall–Kier alpha value is -18.8. The van der Waals surface area contributed by atoms with Crippen molar-refractivity contribution < 1.29 is 0 Å². The molecular formula is C134H89N7. The van der Waals surface area contributed by atoms with Crippen molar-refractivity contribution in [2.24, 2.45) is 0 Å². The summed E-state index contributed by atoms with van der Waals surface area (Å²) in [6.45, 7) is 0. The minimum absolute atomic E-state index is 0.923. The Labute approximate surface area is 817 Å². The van der Waals surface area contributed by atoms with Crippen molar-refractivity contribution in [2.45, 2.75) is 0 Å². The number of fused-ring (bicyclic) bond motifs is 12. The van der Waals surface area contributed by atoms with Crippen LogP contribution in [0.4, 0.5) is 0 Å². The second kappa shape index (κ2) is 36.8. The lowest BCUT2D eigenvalue weighted by Crippen LogP contribution is -1.92. The van der Waals surface area contributed by atoms with Gasteiger partial charge in [0.25, 0.3) is 0 Å². The maximum absolute atomic E-state index is 4.41. The zero-order valence-electron chi connectivity index (χ0n) is 77.0. The number of benzene rings is 21. The molecule has 0 spiro atoms. The monoisotopic (exact) mass is 1800 g/mol. The fraction of sp³-hybridized carbons (Fsp3) is 0. The van der Waals surface area contributed by atoms with E-state index in [1.807, 2.05) is 36.9 Å². The summed E-state index contributed by atoms with van der Waals surface area (Å²) >= 11 is 0. The Kier molecular flexibility index (Phi) is 21.9. The van der Waals surface area contributed by atoms with Crippen LogP contribution in [-0.4, -0.2) is 33.6 Å². The molecule has 0 atom stereocenters. The molecule has 21 aromatic carbocycles. The largest absolute Gasteiger partial charge is 0.309 e. The molecule has 141 heavy (non-hydrogen) atoms. The van der Waals surface area contributed by atoms with Gasteiger partial charge in [0.05, 0.1) is 38.8 Å². The van der Waals surface area contributed by atoms with Crippen LogP contribution in [0.25, 0.3) is 248 Å². The van der Waals surface area contributed by atoms with E-state index in [-0.39, 0.29) is 0 Å². The van der Waals surface area contributed by atoms with E-state index in [9.17, 15) is 0 Å². The van der Waals surface area contributed by atoms with Crippen molar-refractivity contribution >= 4 is 97.7 Å². The Morgan fingerprint density at radius 3 is 0.716 bits per heavy atom. The molecule has 0 radical (unpaired) electrons. The fourth-order valence-corrected chi connectivity index (χ4v) is 21.1. The number of rotatable bonds is 15. The quantitative estimate of drug-likeness (QED) is 0.103. The molecule has 0 saturated heterocycles. The Bertz CT molecular complexity index is 8430. The summed E-state index contributed by atoms with van der Waals surface area (Å²) in [5, 5.41) is 15.1. The molecule has 7 nitrogen and oxygen atoms in total. The topological polar surface area (TPSA) is 66.3 Å². The Morgan fingerprint density at radius 1 is 0.149 bits per heavy atom. The molecule has 7 heteroatoms. The third kappa shape index (κ3) is 15.9. The molecule has 27 aromatic rings. The van der Waals surface area contributed by atoms with Crippen LogP contribution >= 0.6 is 0 Å². The summed E-state index contributed by atoms with van der Waals surface area (Å²) in [6, 6.07) is 182. The number of hydrogen-bond acceptors (Lipinski definition) is 4. The first kappa shape index (κ1) is 84.0. The van der Waals surface area contributed by atoms with Gasteiger partial charge in [-0.2, -0.15) is 0 Å². The summed E-state index contributed by atoms with van der Waals surface area (Å²) in [5.41, 5.74) is 39.4. The van der Waals surface area contributed by atoms with Gasteiger partial charge >= 0.3 is 0 Å². The molecular weight excluding hydrogens is 1710 g/mol. The standard InChI is InChI=1S/2C45H30N2.C44H29N3/c1-2-12-38(13-3-1)47-43-17-5-4-14-41(43)42-29-36(26-27-44(42)47)31-18-22-33(23-19-31)39-15-6-9-35-10-7-16-40(45(35)39)34-24-20-32(21-25-34)37-11-8-28-46-30-37;1-2-10-38(11-3-1)47-43-15-5-4-12-41(43)42-30-37(24-25-44(42)47)32-18-22-35(23-19-32)40-14-7-9-36-8-6-13-39(45(36)40)34-20-16-31(17-21-34)33-26-28-46-29-27-33;1-2-10-36(11-3-1)47-42-15-5-4-12-39(42)40-28-35(24-25-43(40)47)30-16-18-31(19-17-30)37-13-6-8-34-9-7-14-38(44(34)37)32-20-22-33(23-21-32)41-26-27-45-29-46-41/h2*1-30H;1-29H. The molecule has 0 aliphatic carbocycles. The Morgan fingerprint density at radius 2 is 0.411 bits per heavy atom. The highest BCUT2D eigenvalue weighted by Gasteiger charge is 2.22. The van der Waals surface area contributed by atoms with Crippen molar-refractivity contribution in [2.75, 3.05) is 0 Å². The minimum atomic E-state index is 0.923. The van der Waals surface area contributed by atoms with Crippen molar-refractivity contribution in [3.05, 3.63) is 541 Å². The van der Waals surface area contributed by atoms with Crippen LogP contribution in [0.5, 0.6) is 0 Å². The van der Waals surface area contributed by atoms with Gasteiger partial charge in [-0.3, -0.25) is 9.97 Å². The molecule has 0 bridgehead atoms. The highest BCUT2D eigenvalue weighted by atomic mass is 15.0. The molecule has 6 heterocycles. The summed E-state index contributed by atoms with van der Waals surface area (Å²) in [5.74, 6) is 0. The number of hydrogen-bond donors (Lipinski definition) is 0. The van der Waals surface area contributed by atoms with Crippen LogP contribution in [0.3, 0.4) is 0 Å². The van der Waals surface area contributed by atoms with Gasteiger partial charge in [0.15, 0.2) is 0 Å². The third-order valence-corrected chi connectivity index (χ3v) is 27.8. The molecule has 27 rings (SSSR count). The first-order valence-corrected chi connectivity index (χ1v) is 48.0. The highest BCUT2D eigenvalue weighted by molar-refractivity contribution is 6.15. The van der Waals surface area contributed by atoms with Crippen LogP contribution in [0, 0.1) is 0 Å². The Balaban J connectivity index is 0.000000111. The van der Waals surface area contributed by atoms with Crippen LogP contribution in [0.1, 0.15) is 0 Å².